The highest BCUT2D eigenvalue weighted by Gasteiger charge is 2.21. The highest BCUT2D eigenvalue weighted by Crippen LogP contribution is 2.26. The van der Waals surface area contributed by atoms with Gasteiger partial charge in [0, 0.05) is 26.6 Å². The van der Waals surface area contributed by atoms with Gasteiger partial charge in [0.2, 0.25) is 0 Å². The second kappa shape index (κ2) is 7.41. The Morgan fingerprint density at radius 2 is 2.00 bits per heavy atom. The minimum atomic E-state index is 0.555. The van der Waals surface area contributed by atoms with E-state index in [0.717, 1.165) is 32.0 Å². The lowest BCUT2D eigenvalue weighted by atomic mass is 9.91. The van der Waals surface area contributed by atoms with Gasteiger partial charge in [0.25, 0.3) is 5.71 Å². The monoisotopic (exact) mass is 351 g/mol. The van der Waals surface area contributed by atoms with Gasteiger partial charge in [-0.15, -0.1) is 0 Å². The van der Waals surface area contributed by atoms with E-state index >= 15 is 0 Å². The standard InChI is InChI=1S/C20H25N5O/c1-14-22-19(18-20(23-14)26-15(2)24-18)21-10-12-25-11-6-9-17(13-25)16-7-4-3-5-8-16/h3-5,7-8,17H,6,9-13H2,1-2H3,(H,21,22,23)/t17-/m1/s1. The van der Waals surface area contributed by atoms with Crippen LogP contribution in [0.5, 0.6) is 0 Å². The van der Waals surface area contributed by atoms with Gasteiger partial charge in [0.05, 0.1) is 0 Å². The Hall–Kier alpha value is -2.47. The smallest absolute Gasteiger partial charge is 0.252 e. The van der Waals surface area contributed by atoms with Gasteiger partial charge in [-0.2, -0.15) is 4.98 Å². The molecule has 0 spiro atoms. The average molecular weight is 351 g/mol. The van der Waals surface area contributed by atoms with Gasteiger partial charge in [-0.25, -0.2) is 9.97 Å². The number of aryl methyl sites for hydroxylation is 2. The molecule has 1 aliphatic rings. The number of aromatic nitrogens is 3. The van der Waals surface area contributed by atoms with Gasteiger partial charge in [-0.1, -0.05) is 30.3 Å². The molecule has 0 unspecified atom stereocenters. The van der Waals surface area contributed by atoms with Crippen LogP contribution in [0, 0.1) is 13.8 Å². The molecule has 0 amide bonds. The maximum Gasteiger partial charge on any atom is 0.252 e. The summed E-state index contributed by atoms with van der Waals surface area (Å²) < 4.78 is 5.54. The highest BCUT2D eigenvalue weighted by atomic mass is 16.4. The van der Waals surface area contributed by atoms with Gasteiger partial charge in [0.15, 0.2) is 17.2 Å². The number of benzene rings is 1. The van der Waals surface area contributed by atoms with E-state index in [2.05, 4.69) is 55.5 Å². The van der Waals surface area contributed by atoms with Gasteiger partial charge in [-0.05, 0) is 37.8 Å². The summed E-state index contributed by atoms with van der Waals surface area (Å²) in [7, 11) is 0. The van der Waals surface area contributed by atoms with E-state index in [-0.39, 0.29) is 0 Å². The van der Waals surface area contributed by atoms with Crippen molar-refractivity contribution in [3.63, 3.8) is 0 Å². The Kier molecular flexibility index (Phi) is 4.84. The van der Waals surface area contributed by atoms with Crippen LogP contribution >= 0.6 is 0 Å². The number of nitrogens with zero attached hydrogens (tertiary/aromatic N) is 4. The Bertz CT molecular complexity index is 877. The van der Waals surface area contributed by atoms with E-state index in [1.807, 2.05) is 13.8 Å². The number of hydrogen-bond acceptors (Lipinski definition) is 6. The van der Waals surface area contributed by atoms with Crippen molar-refractivity contribution in [1.82, 2.24) is 19.9 Å². The summed E-state index contributed by atoms with van der Waals surface area (Å²) in [4.78, 5) is 15.7. The molecule has 1 aromatic carbocycles. The second-order valence-electron chi connectivity index (χ2n) is 6.98. The molecule has 1 atom stereocenters. The molecule has 4 rings (SSSR count). The van der Waals surface area contributed by atoms with E-state index in [9.17, 15) is 0 Å². The molecular weight excluding hydrogens is 326 g/mol. The van der Waals surface area contributed by atoms with Crippen LogP contribution in [0.3, 0.4) is 0 Å². The molecule has 0 bridgehead atoms. The average Bonchev–Trinajstić information content (AvgIpc) is 3.03. The zero-order chi connectivity index (χ0) is 17.9. The van der Waals surface area contributed by atoms with Crippen molar-refractivity contribution in [2.75, 3.05) is 31.5 Å². The molecule has 0 saturated carbocycles. The number of piperidine rings is 1. The molecule has 2 aromatic heterocycles. The SMILES string of the molecule is Cc1nc(NCCN2CCC[C@@H](c3ccccc3)C2)c2nc(C)oc2n1. The number of anilines is 1. The van der Waals surface area contributed by atoms with Crippen molar-refractivity contribution in [1.29, 1.82) is 0 Å². The third-order valence-corrected chi connectivity index (χ3v) is 4.97. The molecule has 1 saturated heterocycles. The minimum Gasteiger partial charge on any atom is -0.422 e. The Labute approximate surface area is 153 Å². The molecule has 26 heavy (non-hydrogen) atoms. The van der Waals surface area contributed by atoms with Crippen LogP contribution in [0.15, 0.2) is 34.7 Å². The fraction of sp³-hybridized carbons (Fsp3) is 0.450. The van der Waals surface area contributed by atoms with Crippen molar-refractivity contribution in [2.24, 2.45) is 0 Å². The molecule has 3 aromatic rings. The molecule has 1 fully saturated rings. The number of oxazole rings is 1. The lowest BCUT2D eigenvalue weighted by molar-refractivity contribution is 0.215. The lowest BCUT2D eigenvalue weighted by Gasteiger charge is -2.33. The highest BCUT2D eigenvalue weighted by molar-refractivity contribution is 5.81. The molecule has 0 radical (unpaired) electrons. The van der Waals surface area contributed by atoms with Crippen molar-refractivity contribution in [2.45, 2.75) is 32.6 Å². The zero-order valence-corrected chi connectivity index (χ0v) is 15.4. The third kappa shape index (κ3) is 3.70. The zero-order valence-electron chi connectivity index (χ0n) is 15.4. The fourth-order valence-corrected chi connectivity index (χ4v) is 3.74. The van der Waals surface area contributed by atoms with Gasteiger partial charge in [0.1, 0.15) is 5.82 Å². The maximum absolute atomic E-state index is 5.54. The van der Waals surface area contributed by atoms with Crippen LogP contribution in [0.1, 0.15) is 36.0 Å². The molecule has 6 heteroatoms. The Balaban J connectivity index is 1.37. The molecule has 1 aliphatic heterocycles. The van der Waals surface area contributed by atoms with Crippen LogP contribution in [0.4, 0.5) is 5.82 Å². The number of hydrogen-bond donors (Lipinski definition) is 1. The van der Waals surface area contributed by atoms with Gasteiger partial charge >= 0.3 is 0 Å². The predicted molar refractivity (Wildman–Crippen MR) is 102 cm³/mol. The van der Waals surface area contributed by atoms with E-state index < -0.39 is 0 Å². The summed E-state index contributed by atoms with van der Waals surface area (Å²) in [6.45, 7) is 7.80. The van der Waals surface area contributed by atoms with E-state index in [1.165, 1.54) is 18.4 Å². The third-order valence-electron chi connectivity index (χ3n) is 4.97. The van der Waals surface area contributed by atoms with E-state index in [1.54, 1.807) is 0 Å². The summed E-state index contributed by atoms with van der Waals surface area (Å²) in [6, 6.07) is 10.9. The summed E-state index contributed by atoms with van der Waals surface area (Å²) in [5.74, 6) is 2.71. The molecule has 136 valence electrons. The first-order valence-electron chi connectivity index (χ1n) is 9.32. The molecule has 0 aliphatic carbocycles. The maximum atomic E-state index is 5.54. The first kappa shape index (κ1) is 17.0. The Morgan fingerprint density at radius 1 is 1.15 bits per heavy atom. The summed E-state index contributed by atoms with van der Waals surface area (Å²) in [5, 5.41) is 3.43. The minimum absolute atomic E-state index is 0.555. The largest absolute Gasteiger partial charge is 0.422 e. The van der Waals surface area contributed by atoms with Crippen LogP contribution in [-0.2, 0) is 0 Å². The fourth-order valence-electron chi connectivity index (χ4n) is 3.74. The van der Waals surface area contributed by atoms with Crippen molar-refractivity contribution >= 4 is 17.0 Å². The van der Waals surface area contributed by atoms with E-state index in [4.69, 9.17) is 4.42 Å². The van der Waals surface area contributed by atoms with Crippen LogP contribution in [0.25, 0.3) is 11.2 Å². The number of fused-ring (bicyclic) bond motifs is 1. The van der Waals surface area contributed by atoms with Crippen LogP contribution < -0.4 is 5.32 Å². The molecule has 3 heterocycles. The molecular formula is C20H25N5O. The first-order valence-corrected chi connectivity index (χ1v) is 9.32. The lowest BCUT2D eigenvalue weighted by Crippen LogP contribution is -2.37. The normalized spacial score (nSPS) is 18.3. The van der Waals surface area contributed by atoms with Gasteiger partial charge < -0.3 is 14.6 Å². The number of rotatable bonds is 5. The molecule has 1 N–H and O–H groups in total. The van der Waals surface area contributed by atoms with Crippen molar-refractivity contribution < 1.29 is 4.42 Å². The van der Waals surface area contributed by atoms with Crippen LogP contribution in [0.2, 0.25) is 0 Å². The number of likely N-dealkylation sites (tertiary alicyclic amines) is 1. The van der Waals surface area contributed by atoms with Crippen LogP contribution in [-0.4, -0.2) is 46.0 Å². The summed E-state index contributed by atoms with van der Waals surface area (Å²) >= 11 is 0. The molecule has 6 nitrogen and oxygen atoms in total. The van der Waals surface area contributed by atoms with Gasteiger partial charge in [-0.3, -0.25) is 0 Å². The second-order valence-corrected chi connectivity index (χ2v) is 6.98. The van der Waals surface area contributed by atoms with Crippen molar-refractivity contribution in [3.8, 4) is 0 Å². The number of nitrogens with one attached hydrogen (secondary N) is 1. The predicted octanol–water partition coefficient (Wildman–Crippen LogP) is 3.53. The summed E-state index contributed by atoms with van der Waals surface area (Å²) in [6.07, 6.45) is 2.52. The topological polar surface area (TPSA) is 67.1 Å². The van der Waals surface area contributed by atoms with E-state index in [0.29, 0.717) is 28.9 Å². The quantitative estimate of drug-likeness (QED) is 0.758. The van der Waals surface area contributed by atoms with Crippen molar-refractivity contribution in [3.05, 3.63) is 47.6 Å². The first-order chi connectivity index (χ1) is 12.7. The Morgan fingerprint density at radius 3 is 2.85 bits per heavy atom. The summed E-state index contributed by atoms with van der Waals surface area (Å²) in [5.41, 5.74) is 2.73.